The molecule has 2 rings (SSSR count). The van der Waals surface area contributed by atoms with Crippen molar-refractivity contribution in [1.29, 1.82) is 0 Å². The first-order valence-electron chi connectivity index (χ1n) is 7.56. The second-order valence-corrected chi connectivity index (χ2v) is 6.70. The van der Waals surface area contributed by atoms with E-state index in [0.717, 1.165) is 32.7 Å². The van der Waals surface area contributed by atoms with Gasteiger partial charge in [-0.2, -0.15) is 0 Å². The molecule has 20 heavy (non-hydrogen) atoms. The first-order valence-corrected chi connectivity index (χ1v) is 7.56. The van der Waals surface area contributed by atoms with Gasteiger partial charge in [0.1, 0.15) is 0 Å². The van der Waals surface area contributed by atoms with Gasteiger partial charge in [-0.1, -0.05) is 29.3 Å². The number of nitrogens with two attached hydrogens (primary N) is 1. The van der Waals surface area contributed by atoms with Crippen molar-refractivity contribution in [2.45, 2.75) is 45.8 Å². The molecule has 0 radical (unpaired) electrons. The van der Waals surface area contributed by atoms with Gasteiger partial charge < -0.3 is 10.5 Å². The normalized spacial score (nSPS) is 20.9. The number of hydrogen-bond donors (Lipinski definition) is 1. The number of benzene rings is 1. The SMILES string of the molecule is Cc1cc(C)cc(C(N)CCN2CCOC(C)(C)C2)c1. The topological polar surface area (TPSA) is 38.5 Å². The summed E-state index contributed by atoms with van der Waals surface area (Å²) in [5.74, 6) is 0. The third kappa shape index (κ3) is 4.30. The molecule has 3 heteroatoms. The standard InChI is InChI=1S/C17H28N2O/c1-13-9-14(2)11-15(10-13)16(18)5-6-19-7-8-20-17(3,4)12-19/h9-11,16H,5-8,12,18H2,1-4H3. The fourth-order valence-corrected chi connectivity index (χ4v) is 3.02. The Morgan fingerprint density at radius 1 is 1.25 bits per heavy atom. The van der Waals surface area contributed by atoms with Crippen LogP contribution in [0.3, 0.4) is 0 Å². The zero-order valence-electron chi connectivity index (χ0n) is 13.3. The van der Waals surface area contributed by atoms with E-state index in [1.54, 1.807) is 0 Å². The zero-order valence-corrected chi connectivity index (χ0v) is 13.3. The summed E-state index contributed by atoms with van der Waals surface area (Å²) >= 11 is 0. The van der Waals surface area contributed by atoms with Crippen molar-refractivity contribution in [3.8, 4) is 0 Å². The quantitative estimate of drug-likeness (QED) is 0.919. The van der Waals surface area contributed by atoms with Gasteiger partial charge in [-0.25, -0.2) is 0 Å². The summed E-state index contributed by atoms with van der Waals surface area (Å²) in [4.78, 5) is 2.46. The van der Waals surface area contributed by atoms with E-state index in [1.807, 2.05) is 0 Å². The van der Waals surface area contributed by atoms with E-state index < -0.39 is 0 Å². The molecule has 1 aliphatic heterocycles. The Kier molecular flexibility index (Phi) is 4.84. The van der Waals surface area contributed by atoms with Crippen LogP contribution >= 0.6 is 0 Å². The molecule has 1 aromatic carbocycles. The van der Waals surface area contributed by atoms with Gasteiger partial charge in [-0.05, 0) is 39.7 Å². The second kappa shape index (κ2) is 6.25. The monoisotopic (exact) mass is 276 g/mol. The summed E-state index contributed by atoms with van der Waals surface area (Å²) < 4.78 is 5.75. The summed E-state index contributed by atoms with van der Waals surface area (Å²) in [6, 6.07) is 6.74. The summed E-state index contributed by atoms with van der Waals surface area (Å²) in [7, 11) is 0. The molecule has 112 valence electrons. The molecule has 1 atom stereocenters. The molecule has 2 N–H and O–H groups in total. The molecular formula is C17H28N2O. The number of nitrogens with zero attached hydrogens (tertiary/aromatic N) is 1. The number of hydrogen-bond acceptors (Lipinski definition) is 3. The maximum Gasteiger partial charge on any atom is 0.0753 e. The van der Waals surface area contributed by atoms with E-state index in [9.17, 15) is 0 Å². The summed E-state index contributed by atoms with van der Waals surface area (Å²) in [6.45, 7) is 12.5. The zero-order chi connectivity index (χ0) is 14.8. The fraction of sp³-hybridized carbons (Fsp3) is 0.647. The highest BCUT2D eigenvalue weighted by Crippen LogP contribution is 2.20. The molecule has 0 aromatic heterocycles. The van der Waals surface area contributed by atoms with Gasteiger partial charge in [-0.3, -0.25) is 4.90 Å². The van der Waals surface area contributed by atoms with Crippen LogP contribution < -0.4 is 5.73 Å². The smallest absolute Gasteiger partial charge is 0.0753 e. The summed E-state index contributed by atoms with van der Waals surface area (Å²) in [5, 5.41) is 0. The van der Waals surface area contributed by atoms with E-state index in [4.69, 9.17) is 10.5 Å². The van der Waals surface area contributed by atoms with Crippen LogP contribution in [0.15, 0.2) is 18.2 Å². The lowest BCUT2D eigenvalue weighted by Gasteiger charge is -2.38. The molecule has 1 aliphatic rings. The highest BCUT2D eigenvalue weighted by atomic mass is 16.5. The molecule has 0 aliphatic carbocycles. The van der Waals surface area contributed by atoms with E-state index in [0.29, 0.717) is 0 Å². The van der Waals surface area contributed by atoms with Crippen molar-refractivity contribution in [2.24, 2.45) is 5.73 Å². The molecule has 3 nitrogen and oxygen atoms in total. The lowest BCUT2D eigenvalue weighted by atomic mass is 9.99. The molecule has 0 amide bonds. The van der Waals surface area contributed by atoms with Gasteiger partial charge in [0.2, 0.25) is 0 Å². The van der Waals surface area contributed by atoms with Gasteiger partial charge in [-0.15, -0.1) is 0 Å². The highest BCUT2D eigenvalue weighted by Gasteiger charge is 2.27. The number of rotatable bonds is 4. The van der Waals surface area contributed by atoms with Crippen molar-refractivity contribution in [1.82, 2.24) is 4.90 Å². The molecule has 1 unspecified atom stereocenters. The van der Waals surface area contributed by atoms with Gasteiger partial charge in [0, 0.05) is 25.7 Å². The van der Waals surface area contributed by atoms with E-state index >= 15 is 0 Å². The van der Waals surface area contributed by atoms with Crippen molar-refractivity contribution in [2.75, 3.05) is 26.2 Å². The highest BCUT2D eigenvalue weighted by molar-refractivity contribution is 5.30. The van der Waals surface area contributed by atoms with E-state index in [1.165, 1.54) is 16.7 Å². The lowest BCUT2D eigenvalue weighted by Crippen LogP contribution is -2.48. The van der Waals surface area contributed by atoms with Crippen molar-refractivity contribution >= 4 is 0 Å². The molecule has 1 heterocycles. The Hall–Kier alpha value is -0.900. The van der Waals surface area contributed by atoms with Crippen LogP contribution in [-0.2, 0) is 4.74 Å². The van der Waals surface area contributed by atoms with Crippen molar-refractivity contribution < 1.29 is 4.74 Å². The lowest BCUT2D eigenvalue weighted by molar-refractivity contribution is -0.0863. The molecule has 1 fully saturated rings. The minimum atomic E-state index is -0.0255. The van der Waals surface area contributed by atoms with Crippen LogP contribution in [-0.4, -0.2) is 36.7 Å². The molecule has 0 saturated carbocycles. The largest absolute Gasteiger partial charge is 0.373 e. The van der Waals surface area contributed by atoms with Crippen LogP contribution in [0.2, 0.25) is 0 Å². The van der Waals surface area contributed by atoms with Crippen LogP contribution in [0.25, 0.3) is 0 Å². The predicted octanol–water partition coefficient (Wildman–Crippen LogP) is 2.80. The third-order valence-electron chi connectivity index (χ3n) is 3.93. The van der Waals surface area contributed by atoms with E-state index in [2.05, 4.69) is 50.8 Å². The first kappa shape index (κ1) is 15.5. The van der Waals surface area contributed by atoms with Crippen LogP contribution in [0.4, 0.5) is 0 Å². The Labute approximate surface area is 123 Å². The Balaban J connectivity index is 1.90. The van der Waals surface area contributed by atoms with Gasteiger partial charge in [0.15, 0.2) is 0 Å². The second-order valence-electron chi connectivity index (χ2n) is 6.70. The molecular weight excluding hydrogens is 248 g/mol. The molecule has 0 spiro atoms. The summed E-state index contributed by atoms with van der Waals surface area (Å²) in [6.07, 6.45) is 0.999. The molecule has 1 saturated heterocycles. The van der Waals surface area contributed by atoms with E-state index in [-0.39, 0.29) is 11.6 Å². The summed E-state index contributed by atoms with van der Waals surface area (Å²) in [5.41, 5.74) is 10.2. The van der Waals surface area contributed by atoms with Crippen molar-refractivity contribution in [3.05, 3.63) is 34.9 Å². The fourth-order valence-electron chi connectivity index (χ4n) is 3.02. The number of ether oxygens (including phenoxy) is 1. The third-order valence-corrected chi connectivity index (χ3v) is 3.93. The number of aryl methyl sites for hydroxylation is 2. The average Bonchev–Trinajstić information content (AvgIpc) is 2.33. The maximum absolute atomic E-state index is 6.36. The van der Waals surface area contributed by atoms with Gasteiger partial charge in [0.05, 0.1) is 12.2 Å². The molecule has 1 aromatic rings. The molecule has 0 bridgehead atoms. The van der Waals surface area contributed by atoms with Crippen LogP contribution in [0, 0.1) is 13.8 Å². The van der Waals surface area contributed by atoms with Crippen LogP contribution in [0.5, 0.6) is 0 Å². The Bertz CT molecular complexity index is 436. The Morgan fingerprint density at radius 3 is 2.50 bits per heavy atom. The minimum absolute atomic E-state index is 0.0255. The first-order chi connectivity index (χ1) is 9.35. The van der Waals surface area contributed by atoms with Gasteiger partial charge in [0.25, 0.3) is 0 Å². The maximum atomic E-state index is 6.36. The average molecular weight is 276 g/mol. The Morgan fingerprint density at radius 2 is 1.90 bits per heavy atom. The van der Waals surface area contributed by atoms with Crippen LogP contribution in [0.1, 0.15) is 43.0 Å². The van der Waals surface area contributed by atoms with Gasteiger partial charge >= 0.3 is 0 Å². The predicted molar refractivity (Wildman–Crippen MR) is 83.9 cm³/mol. The van der Waals surface area contributed by atoms with Crippen molar-refractivity contribution in [3.63, 3.8) is 0 Å². The number of morpholine rings is 1. The minimum Gasteiger partial charge on any atom is -0.373 e.